The van der Waals surface area contributed by atoms with Crippen LogP contribution in [-0.2, 0) is 0 Å². The fourth-order valence-electron chi connectivity index (χ4n) is 2.73. The molecule has 1 N–H and O–H groups in total. The molecule has 134 valence electrons. The summed E-state index contributed by atoms with van der Waals surface area (Å²) in [6.45, 7) is 0. The minimum absolute atomic E-state index is 0.183. The molecular weight excluding hydrogens is 354 g/mol. The maximum atomic E-state index is 12.9. The summed E-state index contributed by atoms with van der Waals surface area (Å²) in [6, 6.07) is 12.5. The maximum absolute atomic E-state index is 12.9. The van der Waals surface area contributed by atoms with E-state index in [2.05, 4.69) is 4.98 Å². The summed E-state index contributed by atoms with van der Waals surface area (Å²) >= 11 is 6.04. The first-order valence-electron chi connectivity index (χ1n) is 7.86. The molecule has 0 bridgehead atoms. The number of halogens is 1. The van der Waals surface area contributed by atoms with E-state index in [0.29, 0.717) is 33.5 Å². The number of carbonyl (C=O) groups excluding carboxylic acids is 1. The van der Waals surface area contributed by atoms with Crippen LogP contribution in [0.5, 0.6) is 17.2 Å². The van der Waals surface area contributed by atoms with Gasteiger partial charge in [0.15, 0.2) is 11.5 Å². The van der Waals surface area contributed by atoms with Crippen LogP contribution in [0.25, 0.3) is 11.1 Å². The van der Waals surface area contributed by atoms with Crippen LogP contribution in [0.4, 0.5) is 0 Å². The van der Waals surface area contributed by atoms with E-state index in [4.69, 9.17) is 25.8 Å². The first-order valence-corrected chi connectivity index (χ1v) is 8.24. The maximum Gasteiger partial charge on any atom is 0.209 e. The van der Waals surface area contributed by atoms with Gasteiger partial charge in [0.25, 0.3) is 0 Å². The lowest BCUT2D eigenvalue weighted by atomic mass is 10.0. The molecule has 0 radical (unpaired) electrons. The SMILES string of the molecule is COc1cc(C(=O)c2cc(-c3cccc(Cl)c3)c[nH]2)cc(OC)c1OC. The van der Waals surface area contributed by atoms with Crippen molar-refractivity contribution in [3.05, 3.63) is 64.9 Å². The molecule has 0 amide bonds. The fourth-order valence-corrected chi connectivity index (χ4v) is 2.92. The molecule has 0 aliphatic rings. The summed E-state index contributed by atoms with van der Waals surface area (Å²) in [4.78, 5) is 15.9. The van der Waals surface area contributed by atoms with Crippen LogP contribution < -0.4 is 14.2 Å². The zero-order valence-corrected chi connectivity index (χ0v) is 15.4. The van der Waals surface area contributed by atoms with Crippen LogP contribution >= 0.6 is 11.6 Å². The van der Waals surface area contributed by atoms with E-state index in [-0.39, 0.29) is 5.78 Å². The number of aromatic nitrogens is 1. The minimum atomic E-state index is -0.183. The van der Waals surface area contributed by atoms with E-state index in [1.54, 1.807) is 30.5 Å². The largest absolute Gasteiger partial charge is 0.493 e. The topological polar surface area (TPSA) is 60.6 Å². The highest BCUT2D eigenvalue weighted by Crippen LogP contribution is 2.38. The number of methoxy groups -OCH3 is 3. The molecule has 2 aromatic carbocycles. The third-order valence-corrected chi connectivity index (χ3v) is 4.25. The minimum Gasteiger partial charge on any atom is -0.493 e. The Morgan fingerprint density at radius 2 is 1.62 bits per heavy atom. The summed E-state index contributed by atoms with van der Waals surface area (Å²) < 4.78 is 15.9. The Hall–Kier alpha value is -2.92. The standard InChI is InChI=1S/C20H18ClNO4/c1-24-17-9-13(10-18(25-2)20(17)26-3)19(23)16-8-14(11-22-16)12-5-4-6-15(21)7-12/h4-11,22H,1-3H3. The summed E-state index contributed by atoms with van der Waals surface area (Å²) in [5.41, 5.74) is 2.69. The molecule has 6 heteroatoms. The normalized spacial score (nSPS) is 10.5. The highest BCUT2D eigenvalue weighted by atomic mass is 35.5. The lowest BCUT2D eigenvalue weighted by molar-refractivity contribution is 0.103. The van der Waals surface area contributed by atoms with Crippen LogP contribution in [-0.4, -0.2) is 32.1 Å². The van der Waals surface area contributed by atoms with Gasteiger partial charge in [-0.15, -0.1) is 0 Å². The van der Waals surface area contributed by atoms with Crippen molar-refractivity contribution in [3.8, 4) is 28.4 Å². The lowest BCUT2D eigenvalue weighted by Crippen LogP contribution is -2.04. The zero-order chi connectivity index (χ0) is 18.7. The van der Waals surface area contributed by atoms with Gasteiger partial charge in [0, 0.05) is 16.8 Å². The Morgan fingerprint density at radius 3 is 2.19 bits per heavy atom. The number of aromatic amines is 1. The molecule has 0 aliphatic heterocycles. The summed E-state index contributed by atoms with van der Waals surface area (Å²) in [6.07, 6.45) is 1.77. The van der Waals surface area contributed by atoms with Crippen LogP contribution in [0.2, 0.25) is 5.02 Å². The number of hydrogen-bond donors (Lipinski definition) is 1. The summed E-state index contributed by atoms with van der Waals surface area (Å²) in [5.74, 6) is 1.11. The van der Waals surface area contributed by atoms with Gasteiger partial charge in [0.05, 0.1) is 27.0 Å². The molecule has 3 aromatic rings. The van der Waals surface area contributed by atoms with E-state index in [0.717, 1.165) is 11.1 Å². The third kappa shape index (κ3) is 3.39. The molecule has 0 atom stereocenters. The van der Waals surface area contributed by atoms with Crippen LogP contribution in [0.3, 0.4) is 0 Å². The number of rotatable bonds is 6. The van der Waals surface area contributed by atoms with Crippen molar-refractivity contribution in [1.82, 2.24) is 4.98 Å². The second-order valence-electron chi connectivity index (χ2n) is 5.56. The Balaban J connectivity index is 1.98. The van der Waals surface area contributed by atoms with Crippen molar-refractivity contribution in [2.75, 3.05) is 21.3 Å². The molecule has 1 aromatic heterocycles. The molecule has 26 heavy (non-hydrogen) atoms. The Labute approximate surface area is 156 Å². The molecule has 5 nitrogen and oxygen atoms in total. The van der Waals surface area contributed by atoms with Gasteiger partial charge in [0.2, 0.25) is 11.5 Å². The number of nitrogens with one attached hydrogen (secondary N) is 1. The van der Waals surface area contributed by atoms with Gasteiger partial charge < -0.3 is 19.2 Å². The second kappa shape index (κ2) is 7.54. The average molecular weight is 372 g/mol. The quantitative estimate of drug-likeness (QED) is 0.644. The van der Waals surface area contributed by atoms with Gasteiger partial charge in [-0.05, 0) is 41.5 Å². The highest BCUT2D eigenvalue weighted by molar-refractivity contribution is 6.30. The average Bonchev–Trinajstić information content (AvgIpc) is 3.16. The zero-order valence-electron chi connectivity index (χ0n) is 14.6. The van der Waals surface area contributed by atoms with E-state index in [1.807, 2.05) is 18.2 Å². The Bertz CT molecular complexity index is 923. The van der Waals surface area contributed by atoms with Crippen molar-refractivity contribution in [3.63, 3.8) is 0 Å². The number of H-pyrrole nitrogens is 1. The molecule has 0 fully saturated rings. The number of carbonyl (C=O) groups is 1. The number of ether oxygens (including phenoxy) is 3. The van der Waals surface area contributed by atoms with Crippen LogP contribution in [0.1, 0.15) is 16.1 Å². The molecule has 0 saturated heterocycles. The third-order valence-electron chi connectivity index (χ3n) is 4.01. The van der Waals surface area contributed by atoms with Crippen molar-refractivity contribution < 1.29 is 19.0 Å². The number of ketones is 1. The van der Waals surface area contributed by atoms with Crippen molar-refractivity contribution in [1.29, 1.82) is 0 Å². The summed E-state index contributed by atoms with van der Waals surface area (Å²) in [7, 11) is 4.54. The smallest absolute Gasteiger partial charge is 0.209 e. The van der Waals surface area contributed by atoms with E-state index in [9.17, 15) is 4.79 Å². The van der Waals surface area contributed by atoms with Gasteiger partial charge in [-0.1, -0.05) is 23.7 Å². The van der Waals surface area contributed by atoms with Gasteiger partial charge in [-0.2, -0.15) is 0 Å². The van der Waals surface area contributed by atoms with Gasteiger partial charge in [0.1, 0.15) is 0 Å². The Kier molecular flexibility index (Phi) is 5.19. The van der Waals surface area contributed by atoms with Crippen LogP contribution in [0, 0.1) is 0 Å². The first-order chi connectivity index (χ1) is 12.6. The van der Waals surface area contributed by atoms with Gasteiger partial charge in [-0.3, -0.25) is 4.79 Å². The molecule has 1 heterocycles. The molecular formula is C20H18ClNO4. The van der Waals surface area contributed by atoms with Crippen molar-refractivity contribution in [2.45, 2.75) is 0 Å². The fraction of sp³-hybridized carbons (Fsp3) is 0.150. The van der Waals surface area contributed by atoms with E-state index >= 15 is 0 Å². The molecule has 0 unspecified atom stereocenters. The highest BCUT2D eigenvalue weighted by Gasteiger charge is 2.19. The van der Waals surface area contributed by atoms with Gasteiger partial charge in [-0.25, -0.2) is 0 Å². The monoisotopic (exact) mass is 371 g/mol. The predicted molar refractivity (Wildman–Crippen MR) is 101 cm³/mol. The summed E-state index contributed by atoms with van der Waals surface area (Å²) in [5, 5.41) is 0.640. The first kappa shape index (κ1) is 17.9. The van der Waals surface area contributed by atoms with Crippen molar-refractivity contribution >= 4 is 17.4 Å². The Morgan fingerprint density at radius 1 is 0.923 bits per heavy atom. The van der Waals surface area contributed by atoms with Gasteiger partial charge >= 0.3 is 0 Å². The number of benzene rings is 2. The molecule has 0 spiro atoms. The number of hydrogen-bond acceptors (Lipinski definition) is 4. The van der Waals surface area contributed by atoms with E-state index in [1.165, 1.54) is 21.3 Å². The predicted octanol–water partition coefficient (Wildman–Crippen LogP) is 4.59. The van der Waals surface area contributed by atoms with Crippen molar-refractivity contribution in [2.24, 2.45) is 0 Å². The lowest BCUT2D eigenvalue weighted by Gasteiger charge is -2.13. The second-order valence-corrected chi connectivity index (χ2v) is 5.99. The van der Waals surface area contributed by atoms with E-state index < -0.39 is 0 Å². The van der Waals surface area contributed by atoms with Crippen LogP contribution in [0.15, 0.2) is 48.7 Å². The molecule has 0 saturated carbocycles. The molecule has 3 rings (SSSR count). The molecule has 0 aliphatic carbocycles.